The maximum absolute atomic E-state index is 13.5. The average Bonchev–Trinajstić information content (AvgIpc) is 3.21. The summed E-state index contributed by atoms with van der Waals surface area (Å²) >= 11 is 5.65. The van der Waals surface area contributed by atoms with E-state index >= 15 is 0 Å². The number of hydrogen-bond acceptors (Lipinski definition) is 3. The van der Waals surface area contributed by atoms with Gasteiger partial charge in [-0.15, -0.1) is 0 Å². The molecular weight excluding hydrogens is 283 g/mol. The predicted octanol–water partition coefficient (Wildman–Crippen LogP) is 2.15. The van der Waals surface area contributed by atoms with E-state index in [2.05, 4.69) is 5.32 Å². The number of nitrogens with one attached hydrogen (secondary N) is 1. The zero-order chi connectivity index (χ0) is 14.3. The molecule has 0 aromatic heterocycles. The lowest BCUT2D eigenvalue weighted by Gasteiger charge is -2.16. The number of nitrogens with zero attached hydrogens (tertiary/aromatic N) is 1. The van der Waals surface area contributed by atoms with Crippen LogP contribution in [-0.2, 0) is 4.79 Å². The molecule has 4 nitrogen and oxygen atoms in total. The first-order valence-electron chi connectivity index (χ1n) is 6.66. The Morgan fingerprint density at radius 1 is 1.35 bits per heavy atom. The van der Waals surface area contributed by atoms with Crippen LogP contribution in [0.5, 0.6) is 0 Å². The SMILES string of the molecule is O=C1C(=O)N(CCCNC2CC2)c2cc(F)c(Cl)cc21. The van der Waals surface area contributed by atoms with E-state index in [0.29, 0.717) is 18.3 Å². The highest BCUT2D eigenvalue weighted by molar-refractivity contribution is 6.52. The Morgan fingerprint density at radius 3 is 2.80 bits per heavy atom. The molecule has 1 amide bonds. The maximum Gasteiger partial charge on any atom is 0.299 e. The summed E-state index contributed by atoms with van der Waals surface area (Å²) in [7, 11) is 0. The lowest BCUT2D eigenvalue weighted by atomic mass is 10.1. The summed E-state index contributed by atoms with van der Waals surface area (Å²) in [5.41, 5.74) is 0.518. The zero-order valence-corrected chi connectivity index (χ0v) is 11.5. The van der Waals surface area contributed by atoms with Crippen molar-refractivity contribution < 1.29 is 14.0 Å². The average molecular weight is 297 g/mol. The molecule has 0 saturated heterocycles. The van der Waals surface area contributed by atoms with Crippen molar-refractivity contribution in [3.8, 4) is 0 Å². The number of fused-ring (bicyclic) bond motifs is 1. The minimum absolute atomic E-state index is 0.137. The fourth-order valence-corrected chi connectivity index (χ4v) is 2.51. The van der Waals surface area contributed by atoms with Gasteiger partial charge >= 0.3 is 0 Å². The second-order valence-corrected chi connectivity index (χ2v) is 5.56. The molecule has 1 N–H and O–H groups in total. The Kier molecular flexibility index (Phi) is 3.48. The summed E-state index contributed by atoms with van der Waals surface area (Å²) in [5.74, 6) is -1.83. The minimum atomic E-state index is -0.617. The molecule has 1 aromatic carbocycles. The van der Waals surface area contributed by atoms with E-state index in [1.165, 1.54) is 23.8 Å². The largest absolute Gasteiger partial charge is 0.314 e. The molecule has 0 bridgehead atoms. The van der Waals surface area contributed by atoms with Crippen LogP contribution in [0.1, 0.15) is 29.6 Å². The van der Waals surface area contributed by atoms with Crippen molar-refractivity contribution in [1.82, 2.24) is 5.32 Å². The lowest BCUT2D eigenvalue weighted by Crippen LogP contribution is -2.32. The third kappa shape index (κ3) is 2.43. The Hall–Kier alpha value is -1.46. The van der Waals surface area contributed by atoms with Crippen molar-refractivity contribution in [2.75, 3.05) is 18.0 Å². The first-order chi connectivity index (χ1) is 9.58. The van der Waals surface area contributed by atoms with Crippen molar-refractivity contribution in [2.24, 2.45) is 0 Å². The molecule has 0 radical (unpaired) electrons. The van der Waals surface area contributed by atoms with Crippen LogP contribution in [0.4, 0.5) is 10.1 Å². The Morgan fingerprint density at radius 2 is 2.10 bits per heavy atom. The van der Waals surface area contributed by atoms with Gasteiger partial charge in [-0.25, -0.2) is 4.39 Å². The molecular formula is C14H14ClFN2O2. The van der Waals surface area contributed by atoms with Crippen LogP contribution in [-0.4, -0.2) is 30.8 Å². The van der Waals surface area contributed by atoms with Gasteiger partial charge in [0.05, 0.1) is 16.3 Å². The highest BCUT2D eigenvalue weighted by Gasteiger charge is 2.36. The highest BCUT2D eigenvalue weighted by atomic mass is 35.5. The van der Waals surface area contributed by atoms with E-state index in [-0.39, 0.29) is 10.6 Å². The van der Waals surface area contributed by atoms with Gasteiger partial charge in [0.1, 0.15) is 5.82 Å². The second-order valence-electron chi connectivity index (χ2n) is 5.15. The standard InChI is InChI=1S/C14H14ClFN2O2/c15-10-6-9-12(7-11(10)16)18(14(20)13(9)19)5-1-4-17-8-2-3-8/h6-8,17H,1-5H2. The fourth-order valence-electron chi connectivity index (χ4n) is 2.34. The number of anilines is 1. The highest BCUT2D eigenvalue weighted by Crippen LogP contribution is 2.33. The quantitative estimate of drug-likeness (QED) is 0.669. The number of carbonyl (C=O) groups excluding carboxylic acids is 2. The van der Waals surface area contributed by atoms with Crippen molar-refractivity contribution in [1.29, 1.82) is 0 Å². The number of Topliss-reactive ketones (excluding diaryl/α,β-unsaturated/α-hetero) is 1. The van der Waals surface area contributed by atoms with Crippen LogP contribution < -0.4 is 10.2 Å². The van der Waals surface area contributed by atoms with Gasteiger partial charge in [0.2, 0.25) is 0 Å². The van der Waals surface area contributed by atoms with Gasteiger partial charge < -0.3 is 10.2 Å². The van der Waals surface area contributed by atoms with Gasteiger partial charge in [-0.1, -0.05) is 11.6 Å². The number of hydrogen-bond donors (Lipinski definition) is 1. The van der Waals surface area contributed by atoms with Crippen LogP contribution in [0.2, 0.25) is 5.02 Å². The second kappa shape index (κ2) is 5.14. The van der Waals surface area contributed by atoms with Gasteiger partial charge in [-0.05, 0) is 37.9 Å². The van der Waals surface area contributed by atoms with Gasteiger partial charge in [0, 0.05) is 12.6 Å². The summed E-state index contributed by atoms with van der Waals surface area (Å²) in [6, 6.07) is 3.00. The summed E-state index contributed by atoms with van der Waals surface area (Å²) in [4.78, 5) is 25.1. The molecule has 0 spiro atoms. The van der Waals surface area contributed by atoms with E-state index < -0.39 is 17.5 Å². The number of ketones is 1. The van der Waals surface area contributed by atoms with E-state index in [0.717, 1.165) is 19.0 Å². The Labute approximate surface area is 120 Å². The van der Waals surface area contributed by atoms with Gasteiger partial charge in [-0.3, -0.25) is 9.59 Å². The zero-order valence-electron chi connectivity index (χ0n) is 10.8. The molecule has 0 atom stereocenters. The Bertz CT molecular complexity index is 587. The van der Waals surface area contributed by atoms with E-state index in [4.69, 9.17) is 11.6 Å². The van der Waals surface area contributed by atoms with E-state index in [9.17, 15) is 14.0 Å². The first kappa shape index (κ1) is 13.5. The number of carbonyl (C=O) groups is 2. The van der Waals surface area contributed by atoms with Gasteiger partial charge in [0.25, 0.3) is 11.7 Å². The van der Waals surface area contributed by atoms with Crippen molar-refractivity contribution >= 4 is 29.0 Å². The molecule has 1 aliphatic heterocycles. The molecule has 1 saturated carbocycles. The maximum atomic E-state index is 13.5. The van der Waals surface area contributed by atoms with Crippen molar-refractivity contribution in [3.63, 3.8) is 0 Å². The summed E-state index contributed by atoms with van der Waals surface area (Å²) in [6.07, 6.45) is 3.13. The third-order valence-electron chi connectivity index (χ3n) is 3.58. The fraction of sp³-hybridized carbons (Fsp3) is 0.429. The molecule has 6 heteroatoms. The van der Waals surface area contributed by atoms with Crippen LogP contribution in [0.3, 0.4) is 0 Å². The van der Waals surface area contributed by atoms with Crippen molar-refractivity contribution in [3.05, 3.63) is 28.5 Å². The minimum Gasteiger partial charge on any atom is -0.314 e. The molecule has 20 heavy (non-hydrogen) atoms. The molecule has 0 unspecified atom stereocenters. The molecule has 106 valence electrons. The van der Waals surface area contributed by atoms with Crippen LogP contribution >= 0.6 is 11.6 Å². The molecule has 1 fully saturated rings. The van der Waals surface area contributed by atoms with E-state index in [1.54, 1.807) is 0 Å². The summed E-state index contributed by atoms with van der Waals surface area (Å²) < 4.78 is 13.5. The molecule has 2 aliphatic rings. The lowest BCUT2D eigenvalue weighted by molar-refractivity contribution is -0.114. The number of rotatable bonds is 5. The third-order valence-corrected chi connectivity index (χ3v) is 3.87. The predicted molar refractivity (Wildman–Crippen MR) is 73.7 cm³/mol. The Balaban J connectivity index is 1.73. The number of amides is 1. The van der Waals surface area contributed by atoms with Gasteiger partial charge in [-0.2, -0.15) is 0 Å². The summed E-state index contributed by atoms with van der Waals surface area (Å²) in [5, 5.41) is 3.20. The van der Waals surface area contributed by atoms with Crippen LogP contribution in [0.25, 0.3) is 0 Å². The topological polar surface area (TPSA) is 49.4 Å². The first-order valence-corrected chi connectivity index (χ1v) is 7.04. The molecule has 1 heterocycles. The molecule has 1 aliphatic carbocycles. The van der Waals surface area contributed by atoms with Crippen LogP contribution in [0, 0.1) is 5.82 Å². The monoisotopic (exact) mass is 296 g/mol. The van der Waals surface area contributed by atoms with E-state index in [1.807, 2.05) is 0 Å². The number of halogens is 2. The van der Waals surface area contributed by atoms with Crippen molar-refractivity contribution in [2.45, 2.75) is 25.3 Å². The molecule has 3 rings (SSSR count). The smallest absolute Gasteiger partial charge is 0.299 e. The molecule has 1 aromatic rings. The van der Waals surface area contributed by atoms with Gasteiger partial charge in [0.15, 0.2) is 0 Å². The normalized spacial score (nSPS) is 17.8. The van der Waals surface area contributed by atoms with Crippen LogP contribution in [0.15, 0.2) is 12.1 Å². The number of benzene rings is 1. The summed E-state index contributed by atoms with van der Waals surface area (Å²) in [6.45, 7) is 1.19.